The van der Waals surface area contributed by atoms with Gasteiger partial charge in [0.2, 0.25) is 0 Å². The van der Waals surface area contributed by atoms with Crippen LogP contribution >= 0.6 is 0 Å². The lowest BCUT2D eigenvalue weighted by Gasteiger charge is -2.26. The standard InChI is InChI=1S/C12H21N/c1-10(2)12(8-5-9-13)11-6-3-4-7-11/h10-12H,3-8H2,1-2H3. The molecule has 74 valence electrons. The normalized spacial score (nSPS) is 20.5. The Morgan fingerprint density at radius 2 is 1.92 bits per heavy atom. The van der Waals surface area contributed by atoms with E-state index in [0.29, 0.717) is 0 Å². The molecule has 0 aliphatic heterocycles. The minimum absolute atomic E-state index is 0.749. The van der Waals surface area contributed by atoms with Crippen molar-refractivity contribution in [3.05, 3.63) is 0 Å². The molecule has 0 radical (unpaired) electrons. The van der Waals surface area contributed by atoms with Crippen LogP contribution in [0.15, 0.2) is 0 Å². The van der Waals surface area contributed by atoms with E-state index in [4.69, 9.17) is 5.26 Å². The fourth-order valence-electron chi connectivity index (χ4n) is 2.73. The fraction of sp³-hybridized carbons (Fsp3) is 0.917. The van der Waals surface area contributed by atoms with Gasteiger partial charge in [-0.2, -0.15) is 5.26 Å². The van der Waals surface area contributed by atoms with E-state index in [2.05, 4.69) is 19.9 Å². The lowest BCUT2D eigenvalue weighted by Crippen LogP contribution is -2.17. The molecular formula is C12H21N. The minimum atomic E-state index is 0.749. The second-order valence-electron chi connectivity index (χ2n) is 4.65. The Kier molecular flexibility index (Phi) is 4.28. The topological polar surface area (TPSA) is 23.8 Å². The van der Waals surface area contributed by atoms with Crippen LogP contribution in [-0.2, 0) is 0 Å². The van der Waals surface area contributed by atoms with E-state index in [1.807, 2.05) is 0 Å². The molecule has 1 nitrogen and oxygen atoms in total. The Bertz CT molecular complexity index is 172. The molecule has 1 aliphatic rings. The maximum Gasteiger partial charge on any atom is 0.0621 e. The van der Waals surface area contributed by atoms with Crippen molar-refractivity contribution in [1.29, 1.82) is 5.26 Å². The lowest BCUT2D eigenvalue weighted by atomic mass is 9.79. The molecule has 1 unspecified atom stereocenters. The summed E-state index contributed by atoms with van der Waals surface area (Å²) in [5, 5.41) is 8.59. The van der Waals surface area contributed by atoms with Crippen LogP contribution in [0.1, 0.15) is 52.4 Å². The molecule has 0 saturated heterocycles. The lowest BCUT2D eigenvalue weighted by molar-refractivity contribution is 0.243. The van der Waals surface area contributed by atoms with Gasteiger partial charge in [-0.25, -0.2) is 0 Å². The molecule has 1 rings (SSSR count). The summed E-state index contributed by atoms with van der Waals surface area (Å²) in [5.41, 5.74) is 0. The highest BCUT2D eigenvalue weighted by Gasteiger charge is 2.26. The molecule has 1 aliphatic carbocycles. The van der Waals surface area contributed by atoms with Crippen molar-refractivity contribution in [1.82, 2.24) is 0 Å². The Morgan fingerprint density at radius 3 is 2.38 bits per heavy atom. The van der Waals surface area contributed by atoms with Crippen molar-refractivity contribution in [2.24, 2.45) is 17.8 Å². The minimum Gasteiger partial charge on any atom is -0.198 e. The summed E-state index contributed by atoms with van der Waals surface area (Å²) in [7, 11) is 0. The summed E-state index contributed by atoms with van der Waals surface area (Å²) >= 11 is 0. The molecule has 1 heteroatoms. The van der Waals surface area contributed by atoms with E-state index in [0.717, 1.165) is 30.6 Å². The van der Waals surface area contributed by atoms with Crippen molar-refractivity contribution in [2.75, 3.05) is 0 Å². The van der Waals surface area contributed by atoms with Crippen molar-refractivity contribution >= 4 is 0 Å². The average molecular weight is 179 g/mol. The maximum absolute atomic E-state index is 8.59. The zero-order chi connectivity index (χ0) is 9.68. The van der Waals surface area contributed by atoms with Crippen LogP contribution in [-0.4, -0.2) is 0 Å². The van der Waals surface area contributed by atoms with Gasteiger partial charge in [-0.1, -0.05) is 39.5 Å². The average Bonchev–Trinajstić information content (AvgIpc) is 2.57. The number of hydrogen-bond acceptors (Lipinski definition) is 1. The Hall–Kier alpha value is -0.510. The predicted molar refractivity (Wildman–Crippen MR) is 55.1 cm³/mol. The van der Waals surface area contributed by atoms with Crippen molar-refractivity contribution in [2.45, 2.75) is 52.4 Å². The van der Waals surface area contributed by atoms with Crippen LogP contribution in [0, 0.1) is 29.1 Å². The van der Waals surface area contributed by atoms with Gasteiger partial charge in [0.05, 0.1) is 6.07 Å². The maximum atomic E-state index is 8.59. The third kappa shape index (κ3) is 3.03. The first-order valence-corrected chi connectivity index (χ1v) is 5.62. The van der Waals surface area contributed by atoms with E-state index >= 15 is 0 Å². The molecule has 1 saturated carbocycles. The monoisotopic (exact) mass is 179 g/mol. The number of hydrogen-bond donors (Lipinski definition) is 0. The zero-order valence-electron chi connectivity index (χ0n) is 8.92. The second-order valence-corrected chi connectivity index (χ2v) is 4.65. The van der Waals surface area contributed by atoms with E-state index in [9.17, 15) is 0 Å². The van der Waals surface area contributed by atoms with Crippen molar-refractivity contribution in [3.8, 4) is 6.07 Å². The van der Waals surface area contributed by atoms with Gasteiger partial charge in [-0.05, 0) is 24.2 Å². The fourth-order valence-corrected chi connectivity index (χ4v) is 2.73. The van der Waals surface area contributed by atoms with Gasteiger partial charge < -0.3 is 0 Å². The number of nitrogens with zero attached hydrogens (tertiary/aromatic N) is 1. The zero-order valence-corrected chi connectivity index (χ0v) is 8.92. The number of nitriles is 1. The highest BCUT2D eigenvalue weighted by molar-refractivity contribution is 4.81. The quantitative estimate of drug-likeness (QED) is 0.644. The largest absolute Gasteiger partial charge is 0.198 e. The van der Waals surface area contributed by atoms with Crippen LogP contribution in [0.5, 0.6) is 0 Å². The van der Waals surface area contributed by atoms with Crippen LogP contribution in [0.3, 0.4) is 0 Å². The predicted octanol–water partition coefficient (Wildman–Crippen LogP) is 3.75. The molecule has 0 amide bonds. The van der Waals surface area contributed by atoms with Gasteiger partial charge in [0.15, 0.2) is 0 Å². The second kappa shape index (κ2) is 5.27. The summed E-state index contributed by atoms with van der Waals surface area (Å²) in [5.74, 6) is 2.49. The molecule has 1 fully saturated rings. The Balaban J connectivity index is 2.41. The van der Waals surface area contributed by atoms with E-state index in [-0.39, 0.29) is 0 Å². The van der Waals surface area contributed by atoms with Crippen molar-refractivity contribution < 1.29 is 0 Å². The Morgan fingerprint density at radius 1 is 1.31 bits per heavy atom. The first kappa shape index (κ1) is 10.6. The van der Waals surface area contributed by atoms with E-state index in [1.165, 1.54) is 25.7 Å². The van der Waals surface area contributed by atoms with Gasteiger partial charge in [0.1, 0.15) is 0 Å². The summed E-state index contributed by atoms with van der Waals surface area (Å²) < 4.78 is 0. The number of rotatable bonds is 4. The summed E-state index contributed by atoms with van der Waals surface area (Å²) in [4.78, 5) is 0. The van der Waals surface area contributed by atoms with E-state index in [1.54, 1.807) is 0 Å². The molecule has 0 heterocycles. The highest BCUT2D eigenvalue weighted by atomic mass is 14.3. The molecule has 0 spiro atoms. The molecule has 13 heavy (non-hydrogen) atoms. The molecule has 1 atom stereocenters. The molecule has 0 N–H and O–H groups in total. The van der Waals surface area contributed by atoms with Crippen LogP contribution in [0.25, 0.3) is 0 Å². The first-order chi connectivity index (χ1) is 6.25. The van der Waals surface area contributed by atoms with Gasteiger partial charge in [-0.3, -0.25) is 0 Å². The first-order valence-electron chi connectivity index (χ1n) is 5.62. The van der Waals surface area contributed by atoms with Gasteiger partial charge in [0.25, 0.3) is 0 Å². The molecule has 0 aromatic heterocycles. The van der Waals surface area contributed by atoms with E-state index < -0.39 is 0 Å². The SMILES string of the molecule is CC(C)C(CCC#N)C1CCCC1. The summed E-state index contributed by atoms with van der Waals surface area (Å²) in [6.07, 6.45) is 7.53. The molecule has 0 aromatic rings. The van der Waals surface area contributed by atoms with Crippen LogP contribution < -0.4 is 0 Å². The molecule has 0 aromatic carbocycles. The molecular weight excluding hydrogens is 158 g/mol. The van der Waals surface area contributed by atoms with Crippen LogP contribution in [0.4, 0.5) is 0 Å². The molecule has 0 bridgehead atoms. The highest BCUT2D eigenvalue weighted by Crippen LogP contribution is 2.37. The Labute approximate surface area is 82.1 Å². The van der Waals surface area contributed by atoms with Gasteiger partial charge in [0, 0.05) is 6.42 Å². The van der Waals surface area contributed by atoms with Gasteiger partial charge in [-0.15, -0.1) is 0 Å². The third-order valence-electron chi connectivity index (χ3n) is 3.45. The van der Waals surface area contributed by atoms with Gasteiger partial charge >= 0.3 is 0 Å². The van der Waals surface area contributed by atoms with Crippen molar-refractivity contribution in [3.63, 3.8) is 0 Å². The summed E-state index contributed by atoms with van der Waals surface area (Å²) in [6, 6.07) is 2.28. The smallest absolute Gasteiger partial charge is 0.0621 e. The summed E-state index contributed by atoms with van der Waals surface area (Å²) in [6.45, 7) is 4.61. The van der Waals surface area contributed by atoms with Crippen LogP contribution in [0.2, 0.25) is 0 Å². The third-order valence-corrected chi connectivity index (χ3v) is 3.45.